The quantitative estimate of drug-likeness (QED) is 0.651. The first-order valence-corrected chi connectivity index (χ1v) is 4.40. The summed E-state index contributed by atoms with van der Waals surface area (Å²) in [6.07, 6.45) is 8.05. The molecule has 1 aliphatic carbocycles. The Balaban J connectivity index is 2.30. The first-order chi connectivity index (χ1) is 6.20. The van der Waals surface area contributed by atoms with Crippen LogP contribution >= 0.6 is 0 Å². The number of amides is 1. The van der Waals surface area contributed by atoms with Gasteiger partial charge in [0.25, 0.3) is 0 Å². The minimum absolute atomic E-state index is 0.292. The fraction of sp³-hybridized carbons (Fsp3) is 0.500. The van der Waals surface area contributed by atoms with Crippen molar-refractivity contribution in [2.45, 2.75) is 12.8 Å². The molecule has 1 rings (SSSR count). The van der Waals surface area contributed by atoms with E-state index in [0.717, 1.165) is 18.4 Å². The van der Waals surface area contributed by atoms with Crippen molar-refractivity contribution in [1.29, 1.82) is 0 Å². The standard InChI is InChI=1S/C10H15NO2/c1-11(2)10(12)13-8-9-6-4-3-5-7-9/h4,6-7H,3,5,8H2,1-2H3. The summed E-state index contributed by atoms with van der Waals surface area (Å²) in [5, 5.41) is 0. The molecular weight excluding hydrogens is 166 g/mol. The van der Waals surface area contributed by atoms with Crippen LogP contribution < -0.4 is 0 Å². The van der Waals surface area contributed by atoms with Crippen LogP contribution in [-0.4, -0.2) is 31.7 Å². The predicted octanol–water partition coefficient (Wildman–Crippen LogP) is 1.96. The van der Waals surface area contributed by atoms with E-state index in [1.54, 1.807) is 14.1 Å². The third kappa shape index (κ3) is 3.32. The Morgan fingerprint density at radius 2 is 2.31 bits per heavy atom. The number of allylic oxidation sites excluding steroid dienone is 2. The van der Waals surface area contributed by atoms with Gasteiger partial charge in [-0.3, -0.25) is 0 Å². The number of hydrogen-bond donors (Lipinski definition) is 0. The summed E-state index contributed by atoms with van der Waals surface area (Å²) >= 11 is 0. The fourth-order valence-corrected chi connectivity index (χ4v) is 1.05. The Labute approximate surface area is 78.7 Å². The number of hydrogen-bond acceptors (Lipinski definition) is 2. The molecule has 0 aromatic carbocycles. The number of carbonyl (C=O) groups excluding carboxylic acids is 1. The Hall–Kier alpha value is -1.25. The van der Waals surface area contributed by atoms with E-state index in [1.807, 2.05) is 6.08 Å². The Morgan fingerprint density at radius 1 is 1.54 bits per heavy atom. The number of rotatable bonds is 2. The van der Waals surface area contributed by atoms with E-state index in [4.69, 9.17) is 4.74 Å². The summed E-state index contributed by atoms with van der Waals surface area (Å²) in [6, 6.07) is 0. The van der Waals surface area contributed by atoms with Gasteiger partial charge in [-0.25, -0.2) is 4.79 Å². The van der Waals surface area contributed by atoms with Crippen LogP contribution in [0.5, 0.6) is 0 Å². The Kier molecular flexibility index (Phi) is 3.55. The lowest BCUT2D eigenvalue weighted by atomic mass is 10.1. The van der Waals surface area contributed by atoms with Crippen LogP contribution in [0.3, 0.4) is 0 Å². The number of ether oxygens (including phenoxy) is 1. The van der Waals surface area contributed by atoms with E-state index in [0.29, 0.717) is 6.61 Å². The van der Waals surface area contributed by atoms with Gasteiger partial charge in [-0.15, -0.1) is 0 Å². The van der Waals surface area contributed by atoms with E-state index in [-0.39, 0.29) is 6.09 Å². The predicted molar refractivity (Wildman–Crippen MR) is 51.5 cm³/mol. The molecule has 0 bridgehead atoms. The van der Waals surface area contributed by atoms with Gasteiger partial charge in [-0.1, -0.05) is 18.2 Å². The van der Waals surface area contributed by atoms with E-state index in [9.17, 15) is 4.79 Å². The summed E-state index contributed by atoms with van der Waals surface area (Å²) in [5.41, 5.74) is 1.08. The van der Waals surface area contributed by atoms with Gasteiger partial charge in [0.05, 0.1) is 0 Å². The van der Waals surface area contributed by atoms with Crippen molar-refractivity contribution in [2.75, 3.05) is 20.7 Å². The third-order valence-corrected chi connectivity index (χ3v) is 1.80. The highest BCUT2D eigenvalue weighted by molar-refractivity contribution is 5.67. The molecule has 0 saturated heterocycles. The molecule has 3 heteroatoms. The van der Waals surface area contributed by atoms with Crippen molar-refractivity contribution in [2.24, 2.45) is 0 Å². The highest BCUT2D eigenvalue weighted by atomic mass is 16.6. The van der Waals surface area contributed by atoms with Crippen molar-refractivity contribution in [3.05, 3.63) is 23.8 Å². The zero-order chi connectivity index (χ0) is 9.68. The highest BCUT2D eigenvalue weighted by Crippen LogP contribution is 2.09. The van der Waals surface area contributed by atoms with E-state index in [2.05, 4.69) is 12.2 Å². The second kappa shape index (κ2) is 4.70. The second-order valence-electron chi connectivity index (χ2n) is 3.21. The van der Waals surface area contributed by atoms with Gasteiger partial charge in [0.1, 0.15) is 6.61 Å². The first kappa shape index (κ1) is 9.84. The lowest BCUT2D eigenvalue weighted by Crippen LogP contribution is -2.23. The molecule has 0 aliphatic heterocycles. The average molecular weight is 181 g/mol. The SMILES string of the molecule is CN(C)C(=O)OCC1=CCCC=C1. The molecule has 72 valence electrons. The van der Waals surface area contributed by atoms with Crippen molar-refractivity contribution < 1.29 is 9.53 Å². The van der Waals surface area contributed by atoms with Crippen LogP contribution in [0.1, 0.15) is 12.8 Å². The van der Waals surface area contributed by atoms with Crippen LogP contribution in [-0.2, 0) is 4.74 Å². The molecule has 0 fully saturated rings. The average Bonchev–Trinajstić information content (AvgIpc) is 2.15. The van der Waals surface area contributed by atoms with Crippen LogP contribution in [0.25, 0.3) is 0 Å². The fourth-order valence-electron chi connectivity index (χ4n) is 1.05. The van der Waals surface area contributed by atoms with Crippen molar-refractivity contribution in [3.63, 3.8) is 0 Å². The Morgan fingerprint density at radius 3 is 2.85 bits per heavy atom. The minimum atomic E-state index is -0.292. The molecule has 0 saturated carbocycles. The molecule has 13 heavy (non-hydrogen) atoms. The zero-order valence-corrected chi connectivity index (χ0v) is 8.12. The topological polar surface area (TPSA) is 29.5 Å². The molecule has 0 spiro atoms. The van der Waals surface area contributed by atoms with E-state index in [1.165, 1.54) is 4.90 Å². The summed E-state index contributed by atoms with van der Waals surface area (Å²) < 4.78 is 5.01. The summed E-state index contributed by atoms with van der Waals surface area (Å²) in [5.74, 6) is 0. The molecular formula is C10H15NO2. The molecule has 0 atom stereocenters. The second-order valence-corrected chi connectivity index (χ2v) is 3.21. The van der Waals surface area contributed by atoms with E-state index < -0.39 is 0 Å². The van der Waals surface area contributed by atoms with Crippen molar-refractivity contribution in [1.82, 2.24) is 4.90 Å². The molecule has 1 amide bonds. The van der Waals surface area contributed by atoms with Crippen LogP contribution in [0.4, 0.5) is 4.79 Å². The lowest BCUT2D eigenvalue weighted by Gasteiger charge is -2.12. The van der Waals surface area contributed by atoms with Crippen LogP contribution in [0.2, 0.25) is 0 Å². The molecule has 0 heterocycles. The summed E-state index contributed by atoms with van der Waals surface area (Å²) in [7, 11) is 3.35. The normalized spacial score (nSPS) is 15.1. The van der Waals surface area contributed by atoms with Crippen LogP contribution in [0.15, 0.2) is 23.8 Å². The van der Waals surface area contributed by atoms with Gasteiger partial charge in [0.15, 0.2) is 0 Å². The first-order valence-electron chi connectivity index (χ1n) is 4.40. The molecule has 0 N–H and O–H groups in total. The summed E-state index contributed by atoms with van der Waals surface area (Å²) in [4.78, 5) is 12.5. The lowest BCUT2D eigenvalue weighted by molar-refractivity contribution is 0.127. The van der Waals surface area contributed by atoms with Gasteiger partial charge >= 0.3 is 6.09 Å². The largest absolute Gasteiger partial charge is 0.445 e. The molecule has 0 radical (unpaired) electrons. The summed E-state index contributed by atoms with van der Waals surface area (Å²) in [6.45, 7) is 0.382. The molecule has 1 aliphatic rings. The Bertz CT molecular complexity index is 241. The van der Waals surface area contributed by atoms with Gasteiger partial charge in [-0.05, 0) is 18.4 Å². The number of nitrogens with zero attached hydrogens (tertiary/aromatic N) is 1. The molecule has 0 aromatic rings. The van der Waals surface area contributed by atoms with Crippen molar-refractivity contribution >= 4 is 6.09 Å². The maximum Gasteiger partial charge on any atom is 0.409 e. The van der Waals surface area contributed by atoms with Crippen molar-refractivity contribution in [3.8, 4) is 0 Å². The maximum atomic E-state index is 11.0. The highest BCUT2D eigenvalue weighted by Gasteiger charge is 2.05. The zero-order valence-electron chi connectivity index (χ0n) is 8.12. The smallest absolute Gasteiger partial charge is 0.409 e. The van der Waals surface area contributed by atoms with Gasteiger partial charge < -0.3 is 9.64 Å². The monoisotopic (exact) mass is 181 g/mol. The maximum absolute atomic E-state index is 11.0. The van der Waals surface area contributed by atoms with Gasteiger partial charge in [0, 0.05) is 14.1 Å². The van der Waals surface area contributed by atoms with Crippen LogP contribution in [0, 0.1) is 0 Å². The van der Waals surface area contributed by atoms with Gasteiger partial charge in [-0.2, -0.15) is 0 Å². The molecule has 3 nitrogen and oxygen atoms in total. The van der Waals surface area contributed by atoms with E-state index >= 15 is 0 Å². The molecule has 0 unspecified atom stereocenters. The number of carbonyl (C=O) groups is 1. The molecule has 0 aromatic heterocycles. The third-order valence-electron chi connectivity index (χ3n) is 1.80. The minimum Gasteiger partial charge on any atom is -0.445 e. The van der Waals surface area contributed by atoms with Gasteiger partial charge in [0.2, 0.25) is 0 Å².